The van der Waals surface area contributed by atoms with E-state index in [2.05, 4.69) is 10.6 Å². The maximum Gasteiger partial charge on any atom is 0.264 e. The molecule has 0 spiro atoms. The third-order valence-corrected chi connectivity index (χ3v) is 9.35. The molecule has 0 atom stereocenters. The fourth-order valence-electron chi connectivity index (χ4n) is 4.05. The molecule has 0 radical (unpaired) electrons. The number of carbonyl (C=O) groups is 2. The average Bonchev–Trinajstić information content (AvgIpc) is 3.03. The third-order valence-electron chi connectivity index (χ3n) is 6.13. The number of nitrogens with zero attached hydrogens (tertiary/aromatic N) is 1. The van der Waals surface area contributed by atoms with Crippen LogP contribution in [0.4, 0.5) is 17.1 Å². The van der Waals surface area contributed by atoms with Crippen LogP contribution in [-0.2, 0) is 19.6 Å². The lowest BCUT2D eigenvalue weighted by Gasteiger charge is -2.25. The van der Waals surface area contributed by atoms with Crippen molar-refractivity contribution in [3.63, 3.8) is 0 Å². The largest absolute Gasteiger partial charge is 0.495 e. The predicted molar refractivity (Wildman–Crippen MR) is 173 cm³/mol. The molecule has 0 saturated heterocycles. The maximum absolute atomic E-state index is 13.9. The second-order valence-electron chi connectivity index (χ2n) is 9.00. The van der Waals surface area contributed by atoms with E-state index >= 15 is 0 Å². The molecule has 224 valence electrons. The molecule has 0 aromatic heterocycles. The minimum Gasteiger partial charge on any atom is -0.495 e. The Hall–Kier alpha value is -4.13. The molecule has 0 aliphatic carbocycles. The number of nitrogens with one attached hydrogen (secondary N) is 2. The molecule has 43 heavy (non-hydrogen) atoms. The van der Waals surface area contributed by atoms with Crippen LogP contribution in [0.3, 0.4) is 0 Å². The molecule has 0 fully saturated rings. The standard InChI is InChI=1S/C31H31N3O6S3/c1-39-29-13-5-4-12-28(29)34(20-30(35)32-22-8-6-10-25(18-22)41-2)43(37,38)27-16-14-24(15-17-27)40-21-31(36)33-23-9-7-11-26(19-23)42-3/h4-19H,20-21H2,1-3H3,(H,32,35)(H,33,36). The lowest BCUT2D eigenvalue weighted by atomic mass is 10.3. The van der Waals surface area contributed by atoms with Crippen LogP contribution in [0.1, 0.15) is 0 Å². The number of carbonyl (C=O) groups excluding carboxylic acids is 2. The summed E-state index contributed by atoms with van der Waals surface area (Å²) in [7, 11) is -2.80. The zero-order valence-electron chi connectivity index (χ0n) is 23.8. The van der Waals surface area contributed by atoms with Crippen molar-refractivity contribution in [2.45, 2.75) is 14.7 Å². The Bertz CT molecular complexity index is 1680. The maximum atomic E-state index is 13.9. The Labute approximate surface area is 260 Å². The van der Waals surface area contributed by atoms with E-state index in [0.29, 0.717) is 17.1 Å². The quantitative estimate of drug-likeness (QED) is 0.172. The molecule has 2 N–H and O–H groups in total. The van der Waals surface area contributed by atoms with E-state index in [-0.39, 0.29) is 28.8 Å². The summed E-state index contributed by atoms with van der Waals surface area (Å²) in [6.45, 7) is -0.761. The zero-order valence-corrected chi connectivity index (χ0v) is 26.2. The van der Waals surface area contributed by atoms with Crippen molar-refractivity contribution < 1.29 is 27.5 Å². The molecule has 12 heteroatoms. The van der Waals surface area contributed by atoms with Gasteiger partial charge < -0.3 is 20.1 Å². The van der Waals surface area contributed by atoms with Gasteiger partial charge in [0.05, 0.1) is 17.7 Å². The summed E-state index contributed by atoms with van der Waals surface area (Å²) in [6, 6.07) is 26.9. The van der Waals surface area contributed by atoms with E-state index in [1.54, 1.807) is 48.2 Å². The summed E-state index contributed by atoms with van der Waals surface area (Å²) in [5.41, 5.74) is 1.41. The average molecular weight is 638 g/mol. The van der Waals surface area contributed by atoms with Gasteiger partial charge in [-0.15, -0.1) is 23.5 Å². The SMILES string of the molecule is COc1ccccc1N(CC(=O)Nc1cccc(SC)c1)S(=O)(=O)c1ccc(OCC(=O)Nc2cccc(SC)c2)cc1. The molecule has 9 nitrogen and oxygen atoms in total. The van der Waals surface area contributed by atoms with Gasteiger partial charge in [-0.05, 0) is 85.3 Å². The van der Waals surface area contributed by atoms with Gasteiger partial charge in [0.15, 0.2) is 6.61 Å². The number of hydrogen-bond acceptors (Lipinski definition) is 8. The number of sulfonamides is 1. The van der Waals surface area contributed by atoms with Crippen molar-refractivity contribution in [1.29, 1.82) is 0 Å². The van der Waals surface area contributed by atoms with E-state index in [1.165, 1.54) is 43.1 Å². The molecule has 2 amide bonds. The summed E-state index contributed by atoms with van der Waals surface area (Å²) in [4.78, 5) is 27.4. The van der Waals surface area contributed by atoms with Crippen molar-refractivity contribution in [2.75, 3.05) is 47.7 Å². The topological polar surface area (TPSA) is 114 Å². The first-order valence-corrected chi connectivity index (χ1v) is 16.9. The molecule has 4 aromatic rings. The van der Waals surface area contributed by atoms with Crippen LogP contribution in [0.2, 0.25) is 0 Å². The van der Waals surface area contributed by atoms with Gasteiger partial charge in [0, 0.05) is 21.2 Å². The van der Waals surface area contributed by atoms with E-state index in [4.69, 9.17) is 9.47 Å². The highest BCUT2D eigenvalue weighted by molar-refractivity contribution is 7.98. The van der Waals surface area contributed by atoms with Crippen LogP contribution in [-0.4, -0.2) is 53.0 Å². The Morgan fingerprint density at radius 3 is 1.93 bits per heavy atom. The van der Waals surface area contributed by atoms with Crippen molar-refractivity contribution in [3.8, 4) is 11.5 Å². The van der Waals surface area contributed by atoms with Gasteiger partial charge >= 0.3 is 0 Å². The van der Waals surface area contributed by atoms with Crippen LogP contribution >= 0.6 is 23.5 Å². The third kappa shape index (κ3) is 8.46. The first kappa shape index (κ1) is 31.8. The molecule has 0 heterocycles. The van der Waals surface area contributed by atoms with Gasteiger partial charge in [-0.3, -0.25) is 13.9 Å². The smallest absolute Gasteiger partial charge is 0.264 e. The molecular formula is C31H31N3O6S3. The van der Waals surface area contributed by atoms with E-state index in [9.17, 15) is 18.0 Å². The number of hydrogen-bond donors (Lipinski definition) is 2. The molecule has 0 unspecified atom stereocenters. The van der Waals surface area contributed by atoms with Gasteiger partial charge in [-0.1, -0.05) is 24.3 Å². The van der Waals surface area contributed by atoms with Crippen molar-refractivity contribution >= 4 is 62.4 Å². The second-order valence-corrected chi connectivity index (χ2v) is 12.6. The number of anilines is 3. The second kappa shape index (κ2) is 14.9. The van der Waals surface area contributed by atoms with Crippen LogP contribution < -0.4 is 24.4 Å². The first-order chi connectivity index (χ1) is 20.7. The molecule has 0 aliphatic rings. The highest BCUT2D eigenvalue weighted by Crippen LogP contribution is 2.33. The normalized spacial score (nSPS) is 11.0. The van der Waals surface area contributed by atoms with Crippen LogP contribution in [0.5, 0.6) is 11.5 Å². The Kier molecular flexibility index (Phi) is 11.0. The Balaban J connectivity index is 1.50. The minimum atomic E-state index is -4.23. The summed E-state index contributed by atoms with van der Waals surface area (Å²) >= 11 is 3.09. The molecular weight excluding hydrogens is 607 g/mol. The Morgan fingerprint density at radius 1 is 0.767 bits per heavy atom. The van der Waals surface area contributed by atoms with E-state index < -0.39 is 22.5 Å². The summed E-state index contributed by atoms with van der Waals surface area (Å²) in [5.74, 6) is -0.285. The highest BCUT2D eigenvalue weighted by atomic mass is 32.2. The molecule has 0 saturated carbocycles. The molecule has 4 rings (SSSR count). The van der Waals surface area contributed by atoms with Crippen molar-refractivity contribution in [1.82, 2.24) is 0 Å². The fraction of sp³-hybridized carbons (Fsp3) is 0.161. The lowest BCUT2D eigenvalue weighted by Crippen LogP contribution is -2.38. The van der Waals surface area contributed by atoms with Gasteiger partial charge in [-0.2, -0.15) is 0 Å². The number of rotatable bonds is 13. The van der Waals surface area contributed by atoms with Crippen LogP contribution in [0.25, 0.3) is 0 Å². The van der Waals surface area contributed by atoms with Gasteiger partial charge in [0.25, 0.3) is 15.9 Å². The number of para-hydroxylation sites is 2. The highest BCUT2D eigenvalue weighted by Gasteiger charge is 2.29. The molecule has 0 aliphatic heterocycles. The summed E-state index contributed by atoms with van der Waals surface area (Å²) < 4.78 is 39.8. The first-order valence-electron chi connectivity index (χ1n) is 13.0. The van der Waals surface area contributed by atoms with Gasteiger partial charge in [0.2, 0.25) is 5.91 Å². The Morgan fingerprint density at radius 2 is 1.35 bits per heavy atom. The number of thioether (sulfide) groups is 2. The lowest BCUT2D eigenvalue weighted by molar-refractivity contribution is -0.118. The monoisotopic (exact) mass is 637 g/mol. The van der Waals surface area contributed by atoms with E-state index in [1.807, 2.05) is 48.9 Å². The molecule has 0 bridgehead atoms. The van der Waals surface area contributed by atoms with Gasteiger partial charge in [0.1, 0.15) is 18.0 Å². The summed E-state index contributed by atoms with van der Waals surface area (Å²) in [6.07, 6.45) is 3.87. The number of methoxy groups -OCH3 is 1. The number of benzene rings is 4. The van der Waals surface area contributed by atoms with Crippen molar-refractivity contribution in [2.24, 2.45) is 0 Å². The summed E-state index contributed by atoms with van der Waals surface area (Å²) in [5, 5.41) is 5.56. The number of amides is 2. The van der Waals surface area contributed by atoms with Crippen LogP contribution in [0.15, 0.2) is 112 Å². The van der Waals surface area contributed by atoms with Crippen molar-refractivity contribution in [3.05, 3.63) is 97.1 Å². The minimum absolute atomic E-state index is 0.0683. The molecule has 4 aromatic carbocycles. The van der Waals surface area contributed by atoms with E-state index in [0.717, 1.165) is 14.1 Å². The van der Waals surface area contributed by atoms with Gasteiger partial charge in [-0.25, -0.2) is 8.42 Å². The van der Waals surface area contributed by atoms with Crippen LogP contribution in [0, 0.1) is 0 Å². The fourth-order valence-corrected chi connectivity index (χ4v) is 6.40. The zero-order chi connectivity index (χ0) is 30.8. The predicted octanol–water partition coefficient (Wildman–Crippen LogP) is 5.99. The number of ether oxygens (including phenoxy) is 2.